The van der Waals surface area contributed by atoms with E-state index in [4.69, 9.17) is 12.2 Å². The van der Waals surface area contributed by atoms with E-state index >= 15 is 0 Å². The van der Waals surface area contributed by atoms with Gasteiger partial charge in [0.1, 0.15) is 0 Å². The average Bonchev–Trinajstić information content (AvgIpc) is 2.68. The number of anilines is 2. The molecule has 1 fully saturated rings. The van der Waals surface area contributed by atoms with Gasteiger partial charge in [0.15, 0.2) is 5.11 Å². The standard InChI is InChI=1S/C21H26N4OS/c1-3-24-11-13-25(14-12-24)19-9-7-18(8-10-19)22-21(27)23-20(26)17-6-4-5-16(2)15-17/h4-10,15H,3,11-14H2,1-2H3,(H2,22,23,26,27). The van der Waals surface area contributed by atoms with Crippen molar-refractivity contribution in [3.8, 4) is 0 Å². The lowest BCUT2D eigenvalue weighted by Gasteiger charge is -2.35. The minimum atomic E-state index is -0.207. The molecule has 2 aromatic carbocycles. The fraction of sp³-hybridized carbons (Fsp3) is 0.333. The monoisotopic (exact) mass is 382 g/mol. The Hall–Kier alpha value is -2.44. The van der Waals surface area contributed by atoms with Gasteiger partial charge in [-0.05, 0) is 62.1 Å². The van der Waals surface area contributed by atoms with Crippen LogP contribution in [0, 0.1) is 6.92 Å². The molecule has 0 aromatic heterocycles. The van der Waals surface area contributed by atoms with Crippen molar-refractivity contribution >= 4 is 34.6 Å². The number of rotatable bonds is 4. The van der Waals surface area contributed by atoms with Crippen LogP contribution in [0.3, 0.4) is 0 Å². The van der Waals surface area contributed by atoms with E-state index in [0.29, 0.717) is 10.7 Å². The Morgan fingerprint density at radius 1 is 1.07 bits per heavy atom. The average molecular weight is 383 g/mol. The molecular formula is C21H26N4OS. The van der Waals surface area contributed by atoms with Gasteiger partial charge in [-0.2, -0.15) is 0 Å². The number of piperazine rings is 1. The Labute approximate surface area is 166 Å². The third-order valence-electron chi connectivity index (χ3n) is 4.82. The minimum absolute atomic E-state index is 0.207. The zero-order valence-electron chi connectivity index (χ0n) is 15.9. The lowest BCUT2D eigenvalue weighted by atomic mass is 10.1. The molecule has 0 unspecified atom stereocenters. The van der Waals surface area contributed by atoms with Crippen molar-refractivity contribution in [2.45, 2.75) is 13.8 Å². The molecule has 1 saturated heterocycles. The lowest BCUT2D eigenvalue weighted by Crippen LogP contribution is -2.46. The molecule has 0 saturated carbocycles. The van der Waals surface area contributed by atoms with E-state index < -0.39 is 0 Å². The van der Waals surface area contributed by atoms with Gasteiger partial charge in [0, 0.05) is 43.1 Å². The molecule has 27 heavy (non-hydrogen) atoms. The summed E-state index contributed by atoms with van der Waals surface area (Å²) in [5.41, 5.74) is 3.71. The molecule has 0 spiro atoms. The molecule has 142 valence electrons. The summed E-state index contributed by atoms with van der Waals surface area (Å²) in [7, 11) is 0. The Morgan fingerprint density at radius 2 is 1.78 bits per heavy atom. The summed E-state index contributed by atoms with van der Waals surface area (Å²) in [4.78, 5) is 17.1. The second-order valence-electron chi connectivity index (χ2n) is 6.75. The van der Waals surface area contributed by atoms with Crippen LogP contribution in [0.2, 0.25) is 0 Å². The summed E-state index contributed by atoms with van der Waals surface area (Å²) in [6, 6.07) is 15.6. The van der Waals surface area contributed by atoms with Gasteiger partial charge in [0.25, 0.3) is 5.91 Å². The van der Waals surface area contributed by atoms with E-state index in [1.807, 2.05) is 37.3 Å². The minimum Gasteiger partial charge on any atom is -0.369 e. The number of benzene rings is 2. The molecule has 1 amide bonds. The maximum absolute atomic E-state index is 12.3. The first kappa shape index (κ1) is 19.3. The first-order valence-electron chi connectivity index (χ1n) is 9.31. The molecule has 5 nitrogen and oxygen atoms in total. The molecule has 0 atom stereocenters. The summed E-state index contributed by atoms with van der Waals surface area (Å²) >= 11 is 5.27. The highest BCUT2D eigenvalue weighted by Gasteiger charge is 2.15. The molecule has 2 aromatic rings. The Bertz CT molecular complexity index is 798. The number of thiocarbonyl (C=S) groups is 1. The Kier molecular flexibility index (Phi) is 6.42. The number of amides is 1. The van der Waals surface area contributed by atoms with E-state index in [2.05, 4.69) is 39.5 Å². The molecule has 0 bridgehead atoms. The number of carbonyl (C=O) groups excluding carboxylic acids is 1. The van der Waals surface area contributed by atoms with Crippen molar-refractivity contribution in [3.63, 3.8) is 0 Å². The highest BCUT2D eigenvalue weighted by molar-refractivity contribution is 7.80. The third kappa shape index (κ3) is 5.28. The summed E-state index contributed by atoms with van der Waals surface area (Å²) < 4.78 is 0. The summed E-state index contributed by atoms with van der Waals surface area (Å²) in [5, 5.41) is 6.10. The van der Waals surface area contributed by atoms with Crippen LogP contribution in [0.1, 0.15) is 22.8 Å². The highest BCUT2D eigenvalue weighted by atomic mass is 32.1. The van der Waals surface area contributed by atoms with Gasteiger partial charge in [-0.3, -0.25) is 10.1 Å². The van der Waals surface area contributed by atoms with Gasteiger partial charge >= 0.3 is 0 Å². The normalized spacial score (nSPS) is 14.7. The summed E-state index contributed by atoms with van der Waals surface area (Å²) in [6.45, 7) is 9.57. The predicted molar refractivity (Wildman–Crippen MR) is 116 cm³/mol. The van der Waals surface area contributed by atoms with Crippen molar-refractivity contribution < 1.29 is 4.79 Å². The molecule has 0 aliphatic carbocycles. The summed E-state index contributed by atoms with van der Waals surface area (Å²) in [5.74, 6) is -0.207. The SMILES string of the molecule is CCN1CCN(c2ccc(NC(=S)NC(=O)c3cccc(C)c3)cc2)CC1. The molecule has 3 rings (SSSR count). The van der Waals surface area contributed by atoms with Crippen LogP contribution in [0.4, 0.5) is 11.4 Å². The van der Waals surface area contributed by atoms with Crippen LogP contribution in [0.15, 0.2) is 48.5 Å². The molecule has 1 heterocycles. The van der Waals surface area contributed by atoms with Crippen LogP contribution in [-0.4, -0.2) is 48.6 Å². The van der Waals surface area contributed by atoms with Gasteiger partial charge in [-0.1, -0.05) is 24.6 Å². The number of hydrogen-bond donors (Lipinski definition) is 2. The fourth-order valence-corrected chi connectivity index (χ4v) is 3.41. The van der Waals surface area contributed by atoms with Crippen LogP contribution < -0.4 is 15.5 Å². The van der Waals surface area contributed by atoms with E-state index in [-0.39, 0.29) is 5.91 Å². The van der Waals surface area contributed by atoms with E-state index in [0.717, 1.165) is 44.0 Å². The number of nitrogens with zero attached hydrogens (tertiary/aromatic N) is 2. The van der Waals surface area contributed by atoms with Crippen molar-refractivity contribution in [1.82, 2.24) is 10.2 Å². The van der Waals surface area contributed by atoms with Crippen LogP contribution in [0.25, 0.3) is 0 Å². The Balaban J connectivity index is 1.53. The molecular weight excluding hydrogens is 356 g/mol. The zero-order chi connectivity index (χ0) is 19.2. The molecule has 1 aliphatic heterocycles. The Morgan fingerprint density at radius 3 is 2.41 bits per heavy atom. The molecule has 6 heteroatoms. The second-order valence-corrected chi connectivity index (χ2v) is 7.15. The van der Waals surface area contributed by atoms with Crippen molar-refractivity contribution in [1.29, 1.82) is 0 Å². The molecule has 0 radical (unpaired) electrons. The number of likely N-dealkylation sites (N-methyl/N-ethyl adjacent to an activating group) is 1. The summed E-state index contributed by atoms with van der Waals surface area (Å²) in [6.07, 6.45) is 0. The number of aryl methyl sites for hydroxylation is 1. The number of hydrogen-bond acceptors (Lipinski definition) is 4. The van der Waals surface area contributed by atoms with Gasteiger partial charge < -0.3 is 15.1 Å². The predicted octanol–water partition coefficient (Wildman–Crippen LogP) is 3.26. The second kappa shape index (κ2) is 8.97. The fourth-order valence-electron chi connectivity index (χ4n) is 3.20. The maximum atomic E-state index is 12.3. The van der Waals surface area contributed by atoms with Crippen LogP contribution >= 0.6 is 12.2 Å². The van der Waals surface area contributed by atoms with Gasteiger partial charge in [-0.15, -0.1) is 0 Å². The quantitative estimate of drug-likeness (QED) is 0.795. The number of carbonyl (C=O) groups is 1. The topological polar surface area (TPSA) is 47.6 Å². The van der Waals surface area contributed by atoms with E-state index in [9.17, 15) is 4.79 Å². The highest BCUT2D eigenvalue weighted by Crippen LogP contribution is 2.19. The lowest BCUT2D eigenvalue weighted by molar-refractivity contribution is 0.0977. The third-order valence-corrected chi connectivity index (χ3v) is 5.02. The smallest absolute Gasteiger partial charge is 0.257 e. The van der Waals surface area contributed by atoms with Crippen LogP contribution in [-0.2, 0) is 0 Å². The molecule has 2 N–H and O–H groups in total. The van der Waals surface area contributed by atoms with Gasteiger partial charge in [-0.25, -0.2) is 0 Å². The number of nitrogens with one attached hydrogen (secondary N) is 2. The van der Waals surface area contributed by atoms with Crippen LogP contribution in [0.5, 0.6) is 0 Å². The maximum Gasteiger partial charge on any atom is 0.257 e. The van der Waals surface area contributed by atoms with Gasteiger partial charge in [0.2, 0.25) is 0 Å². The van der Waals surface area contributed by atoms with E-state index in [1.54, 1.807) is 6.07 Å². The largest absolute Gasteiger partial charge is 0.369 e. The van der Waals surface area contributed by atoms with Crippen molar-refractivity contribution in [2.75, 3.05) is 42.9 Å². The molecule has 1 aliphatic rings. The zero-order valence-corrected chi connectivity index (χ0v) is 16.7. The van der Waals surface area contributed by atoms with Crippen molar-refractivity contribution in [3.05, 3.63) is 59.7 Å². The first-order chi connectivity index (χ1) is 13.0. The van der Waals surface area contributed by atoms with E-state index in [1.165, 1.54) is 5.69 Å². The van der Waals surface area contributed by atoms with Crippen molar-refractivity contribution in [2.24, 2.45) is 0 Å². The van der Waals surface area contributed by atoms with Gasteiger partial charge in [0.05, 0.1) is 0 Å². The first-order valence-corrected chi connectivity index (χ1v) is 9.72.